The van der Waals surface area contributed by atoms with Gasteiger partial charge in [-0.25, -0.2) is 4.79 Å². The maximum Gasteiger partial charge on any atom is 0.410 e. The molecule has 0 atom stereocenters. The molecule has 2 heterocycles. The van der Waals surface area contributed by atoms with E-state index in [2.05, 4.69) is 17.6 Å². The van der Waals surface area contributed by atoms with Gasteiger partial charge in [-0.3, -0.25) is 0 Å². The first-order chi connectivity index (χ1) is 12.9. The lowest BCUT2D eigenvalue weighted by atomic mass is 10.2. The molecular weight excluding hydrogens is 336 g/mol. The highest BCUT2D eigenvalue weighted by Gasteiger charge is 2.21. The number of hydrogen-bond acceptors (Lipinski definition) is 2. The van der Waals surface area contributed by atoms with Crippen molar-refractivity contribution >= 4 is 18.2 Å². The Morgan fingerprint density at radius 2 is 1.74 bits per heavy atom. The second kappa shape index (κ2) is 16.0. The van der Waals surface area contributed by atoms with Gasteiger partial charge in [-0.1, -0.05) is 52.5 Å². The topological polar surface area (TPSA) is 45.3 Å². The number of carbonyl (C=O) groups excluding carboxylic acids is 1. The summed E-state index contributed by atoms with van der Waals surface area (Å²) in [6.07, 6.45) is 10.6. The minimum absolute atomic E-state index is 0.211. The number of hydrogen-bond donors (Lipinski definition) is 1. The van der Waals surface area contributed by atoms with Crippen LogP contribution in [0.15, 0.2) is 36.9 Å². The van der Waals surface area contributed by atoms with Gasteiger partial charge in [0.1, 0.15) is 5.60 Å². The molecule has 1 N–H and O–H groups in total. The quantitative estimate of drug-likeness (QED) is 0.569. The standard InChI is InChI=1S/C10H17NO2.C9H11N.2C2H6/c1-10(2,3)13-9(12)11-7-5-4-6-8-11;1-3-5-9-7-6-8(4-2)10-9;2*1-2/h4-5H,6-8H2,1-3H3;3-7,10H,2H2,1H3;2*1-2H3/b;5-3-;;. The monoisotopic (exact) mass is 376 g/mol. The van der Waals surface area contributed by atoms with Crippen LogP contribution >= 0.6 is 0 Å². The van der Waals surface area contributed by atoms with Crippen molar-refractivity contribution < 1.29 is 9.53 Å². The average Bonchev–Trinajstić information content (AvgIpc) is 3.13. The van der Waals surface area contributed by atoms with Gasteiger partial charge in [-0.05, 0) is 58.4 Å². The maximum atomic E-state index is 11.5. The zero-order chi connectivity index (χ0) is 21.3. The molecule has 0 bridgehead atoms. The Kier molecular flexibility index (Phi) is 16.0. The van der Waals surface area contributed by atoms with Crippen molar-refractivity contribution in [2.75, 3.05) is 13.1 Å². The fraction of sp³-hybridized carbons (Fsp3) is 0.522. The number of ether oxygens (including phenoxy) is 1. The lowest BCUT2D eigenvalue weighted by molar-refractivity contribution is 0.0268. The number of rotatable bonds is 2. The molecule has 0 radical (unpaired) electrons. The van der Waals surface area contributed by atoms with Crippen LogP contribution in [0.5, 0.6) is 0 Å². The summed E-state index contributed by atoms with van der Waals surface area (Å²) in [6, 6.07) is 4.03. The second-order valence-corrected chi connectivity index (χ2v) is 6.26. The van der Waals surface area contributed by atoms with E-state index in [1.54, 1.807) is 11.0 Å². The van der Waals surface area contributed by atoms with Gasteiger partial charge in [0.2, 0.25) is 0 Å². The van der Waals surface area contributed by atoms with Crippen LogP contribution in [-0.4, -0.2) is 34.7 Å². The first-order valence-corrected chi connectivity index (χ1v) is 9.93. The van der Waals surface area contributed by atoms with Crippen molar-refractivity contribution in [3.8, 4) is 0 Å². The summed E-state index contributed by atoms with van der Waals surface area (Å²) in [6.45, 7) is 20.7. The second-order valence-electron chi connectivity index (χ2n) is 6.26. The van der Waals surface area contributed by atoms with E-state index in [1.807, 2.05) is 85.8 Å². The molecule has 0 fully saturated rings. The molecule has 1 amide bonds. The van der Waals surface area contributed by atoms with Crippen molar-refractivity contribution in [3.63, 3.8) is 0 Å². The summed E-state index contributed by atoms with van der Waals surface area (Å²) in [5, 5.41) is 0. The van der Waals surface area contributed by atoms with Gasteiger partial charge in [0.15, 0.2) is 0 Å². The van der Waals surface area contributed by atoms with Gasteiger partial charge in [-0.2, -0.15) is 0 Å². The summed E-state index contributed by atoms with van der Waals surface area (Å²) >= 11 is 0. The molecule has 0 saturated carbocycles. The van der Waals surface area contributed by atoms with Gasteiger partial charge < -0.3 is 14.6 Å². The normalized spacial score (nSPS) is 12.7. The van der Waals surface area contributed by atoms with Crippen molar-refractivity contribution in [2.24, 2.45) is 0 Å². The highest BCUT2D eigenvalue weighted by molar-refractivity contribution is 5.68. The molecule has 27 heavy (non-hydrogen) atoms. The highest BCUT2D eigenvalue weighted by Crippen LogP contribution is 2.11. The van der Waals surface area contributed by atoms with Crippen LogP contribution in [0.1, 0.15) is 73.2 Å². The molecule has 4 heteroatoms. The minimum atomic E-state index is -0.391. The van der Waals surface area contributed by atoms with E-state index >= 15 is 0 Å². The Morgan fingerprint density at radius 1 is 1.15 bits per heavy atom. The zero-order valence-electron chi connectivity index (χ0n) is 18.6. The SMILES string of the molecule is C=Cc1ccc(/C=C\C)[nH]1.CC.CC.CC(C)(C)OC(=O)N1CC=CCC1. The fourth-order valence-corrected chi connectivity index (χ4v) is 1.96. The number of H-pyrrole nitrogens is 1. The predicted octanol–water partition coefficient (Wildman–Crippen LogP) is 6.93. The number of carbonyl (C=O) groups is 1. The number of amides is 1. The van der Waals surface area contributed by atoms with E-state index in [9.17, 15) is 4.79 Å². The molecule has 1 aliphatic heterocycles. The van der Waals surface area contributed by atoms with E-state index in [4.69, 9.17) is 4.74 Å². The van der Waals surface area contributed by atoms with Crippen molar-refractivity contribution in [2.45, 2.75) is 67.4 Å². The van der Waals surface area contributed by atoms with Crippen LogP contribution in [0, 0.1) is 0 Å². The summed E-state index contributed by atoms with van der Waals surface area (Å²) in [5.74, 6) is 0. The van der Waals surface area contributed by atoms with Gasteiger partial charge >= 0.3 is 6.09 Å². The van der Waals surface area contributed by atoms with Gasteiger partial charge in [-0.15, -0.1) is 0 Å². The molecule has 0 aromatic carbocycles. The van der Waals surface area contributed by atoms with Crippen molar-refractivity contribution in [1.29, 1.82) is 0 Å². The van der Waals surface area contributed by atoms with E-state index < -0.39 is 5.60 Å². The van der Waals surface area contributed by atoms with E-state index in [0.29, 0.717) is 6.54 Å². The molecular formula is C23H40N2O2. The molecule has 0 unspecified atom stereocenters. The van der Waals surface area contributed by atoms with Gasteiger partial charge in [0.25, 0.3) is 0 Å². The van der Waals surface area contributed by atoms with Crippen molar-refractivity contribution in [1.82, 2.24) is 9.88 Å². The largest absolute Gasteiger partial charge is 0.444 e. The zero-order valence-corrected chi connectivity index (χ0v) is 18.6. The lowest BCUT2D eigenvalue weighted by Gasteiger charge is -2.27. The molecule has 2 rings (SSSR count). The first kappa shape index (κ1) is 27.0. The number of nitrogens with one attached hydrogen (secondary N) is 1. The number of nitrogens with zero attached hydrogens (tertiary/aromatic N) is 1. The Bertz CT molecular complexity index is 563. The summed E-state index contributed by atoms with van der Waals surface area (Å²) < 4.78 is 5.23. The van der Waals surface area contributed by atoms with Crippen molar-refractivity contribution in [3.05, 3.63) is 48.3 Å². The third kappa shape index (κ3) is 13.6. The average molecular weight is 377 g/mol. The minimum Gasteiger partial charge on any atom is -0.444 e. The van der Waals surface area contributed by atoms with Crippen LogP contribution in [-0.2, 0) is 4.74 Å². The first-order valence-electron chi connectivity index (χ1n) is 9.93. The number of aromatic amines is 1. The van der Waals surface area contributed by atoms with E-state index in [-0.39, 0.29) is 6.09 Å². The smallest absolute Gasteiger partial charge is 0.410 e. The molecule has 1 aliphatic rings. The lowest BCUT2D eigenvalue weighted by Crippen LogP contribution is -2.38. The molecule has 1 aromatic heterocycles. The molecule has 0 aliphatic carbocycles. The van der Waals surface area contributed by atoms with Gasteiger partial charge in [0, 0.05) is 24.5 Å². The Balaban J connectivity index is 0. The van der Waals surface area contributed by atoms with E-state index in [0.717, 1.165) is 24.4 Å². The number of aromatic nitrogens is 1. The van der Waals surface area contributed by atoms with Crippen LogP contribution in [0.4, 0.5) is 4.79 Å². The summed E-state index contributed by atoms with van der Waals surface area (Å²) in [7, 11) is 0. The molecule has 4 nitrogen and oxygen atoms in total. The van der Waals surface area contributed by atoms with Crippen LogP contribution in [0.3, 0.4) is 0 Å². The third-order valence-electron chi connectivity index (χ3n) is 3.01. The fourth-order valence-electron chi connectivity index (χ4n) is 1.96. The Morgan fingerprint density at radius 3 is 2.15 bits per heavy atom. The molecule has 154 valence electrons. The predicted molar refractivity (Wildman–Crippen MR) is 120 cm³/mol. The summed E-state index contributed by atoms with van der Waals surface area (Å²) in [5.41, 5.74) is 1.80. The Hall–Kier alpha value is -2.23. The van der Waals surface area contributed by atoms with Gasteiger partial charge in [0.05, 0.1) is 0 Å². The maximum absolute atomic E-state index is 11.5. The van der Waals surface area contributed by atoms with Crippen LogP contribution in [0.25, 0.3) is 12.2 Å². The molecule has 0 saturated heterocycles. The number of allylic oxidation sites excluding steroid dienone is 1. The van der Waals surface area contributed by atoms with Crippen LogP contribution in [0.2, 0.25) is 0 Å². The molecule has 0 spiro atoms. The summed E-state index contributed by atoms with van der Waals surface area (Å²) in [4.78, 5) is 16.4. The molecule has 1 aromatic rings. The Labute approximate surface area is 167 Å². The van der Waals surface area contributed by atoms with Crippen LogP contribution < -0.4 is 0 Å². The van der Waals surface area contributed by atoms with E-state index in [1.165, 1.54) is 0 Å². The third-order valence-corrected chi connectivity index (χ3v) is 3.01. The highest BCUT2D eigenvalue weighted by atomic mass is 16.6.